The highest BCUT2D eigenvalue weighted by atomic mass is 32.2. The van der Waals surface area contributed by atoms with E-state index >= 15 is 0 Å². The number of rotatable bonds is 5. The van der Waals surface area contributed by atoms with Crippen LogP contribution in [0.2, 0.25) is 0 Å². The van der Waals surface area contributed by atoms with Crippen LogP contribution in [-0.2, 0) is 0 Å². The number of nitro benzene ring substituents is 1. The number of amides is 1. The second-order valence-corrected chi connectivity index (χ2v) is 6.40. The average molecular weight is 368 g/mol. The molecule has 5 nitrogen and oxygen atoms in total. The standard InChI is InChI=1S/C19H13FN2O3S/c20-16-6-2-3-7-17(16)21-19(23)15-5-1-4-8-18(15)26-14-11-9-13(10-12-14)22(24)25/h1-12H,(H,21,23). The summed E-state index contributed by atoms with van der Waals surface area (Å²) in [6.07, 6.45) is 0. The normalized spacial score (nSPS) is 10.3. The number of carbonyl (C=O) groups excluding carboxylic acids is 1. The van der Waals surface area contributed by atoms with Gasteiger partial charge in [-0.05, 0) is 36.4 Å². The molecular weight excluding hydrogens is 355 g/mol. The number of carbonyl (C=O) groups is 1. The molecule has 0 heterocycles. The summed E-state index contributed by atoms with van der Waals surface area (Å²) >= 11 is 1.30. The van der Waals surface area contributed by atoms with Gasteiger partial charge in [0.2, 0.25) is 0 Å². The van der Waals surface area contributed by atoms with E-state index in [1.807, 2.05) is 0 Å². The molecule has 3 rings (SSSR count). The van der Waals surface area contributed by atoms with E-state index in [-0.39, 0.29) is 11.4 Å². The Hall–Kier alpha value is -3.19. The Kier molecular flexibility index (Phi) is 5.28. The fourth-order valence-electron chi connectivity index (χ4n) is 2.26. The van der Waals surface area contributed by atoms with E-state index in [1.165, 1.54) is 36.0 Å². The average Bonchev–Trinajstić information content (AvgIpc) is 2.64. The summed E-state index contributed by atoms with van der Waals surface area (Å²) in [6.45, 7) is 0. The molecule has 0 radical (unpaired) electrons. The zero-order valence-electron chi connectivity index (χ0n) is 13.4. The third-order valence-electron chi connectivity index (χ3n) is 3.53. The molecule has 0 saturated heterocycles. The lowest BCUT2D eigenvalue weighted by Gasteiger charge is -2.10. The van der Waals surface area contributed by atoms with Crippen molar-refractivity contribution in [1.82, 2.24) is 0 Å². The molecule has 3 aromatic carbocycles. The fraction of sp³-hybridized carbons (Fsp3) is 0. The maximum atomic E-state index is 13.7. The van der Waals surface area contributed by atoms with Crippen LogP contribution < -0.4 is 5.32 Å². The number of nitro groups is 1. The molecular formula is C19H13FN2O3S. The highest BCUT2D eigenvalue weighted by molar-refractivity contribution is 7.99. The van der Waals surface area contributed by atoms with E-state index in [4.69, 9.17) is 0 Å². The molecule has 0 bridgehead atoms. The molecule has 1 amide bonds. The van der Waals surface area contributed by atoms with Crippen molar-refractivity contribution in [2.45, 2.75) is 9.79 Å². The van der Waals surface area contributed by atoms with Crippen LogP contribution in [0.4, 0.5) is 15.8 Å². The minimum Gasteiger partial charge on any atom is -0.319 e. The molecule has 0 atom stereocenters. The van der Waals surface area contributed by atoms with Gasteiger partial charge in [0.25, 0.3) is 11.6 Å². The summed E-state index contributed by atoms with van der Waals surface area (Å²) in [5.41, 5.74) is 0.492. The van der Waals surface area contributed by atoms with Gasteiger partial charge in [0.1, 0.15) is 5.82 Å². The molecule has 0 aliphatic rings. The van der Waals surface area contributed by atoms with Crippen molar-refractivity contribution in [1.29, 1.82) is 0 Å². The Morgan fingerprint density at radius 3 is 2.31 bits per heavy atom. The van der Waals surface area contributed by atoms with Gasteiger partial charge >= 0.3 is 0 Å². The number of hydrogen-bond donors (Lipinski definition) is 1. The van der Waals surface area contributed by atoms with Crippen molar-refractivity contribution in [3.05, 3.63) is 94.3 Å². The van der Waals surface area contributed by atoms with Gasteiger partial charge in [0, 0.05) is 21.9 Å². The summed E-state index contributed by atoms with van der Waals surface area (Å²) < 4.78 is 13.7. The van der Waals surface area contributed by atoms with Gasteiger partial charge in [-0.2, -0.15) is 0 Å². The Labute approximate surface area is 153 Å². The van der Waals surface area contributed by atoms with E-state index in [0.717, 1.165) is 4.90 Å². The zero-order valence-corrected chi connectivity index (χ0v) is 14.2. The van der Waals surface area contributed by atoms with Gasteiger partial charge in [0.15, 0.2) is 0 Å². The van der Waals surface area contributed by atoms with Crippen LogP contribution in [0, 0.1) is 15.9 Å². The molecule has 0 aliphatic heterocycles. The topological polar surface area (TPSA) is 72.2 Å². The van der Waals surface area contributed by atoms with Crippen molar-refractivity contribution in [2.75, 3.05) is 5.32 Å². The van der Waals surface area contributed by atoms with Gasteiger partial charge in [-0.3, -0.25) is 14.9 Å². The number of benzene rings is 3. The van der Waals surface area contributed by atoms with E-state index in [1.54, 1.807) is 48.5 Å². The van der Waals surface area contributed by atoms with Crippen molar-refractivity contribution in [2.24, 2.45) is 0 Å². The Balaban J connectivity index is 1.82. The second kappa shape index (κ2) is 7.79. The lowest BCUT2D eigenvalue weighted by molar-refractivity contribution is -0.384. The number of hydrogen-bond acceptors (Lipinski definition) is 4. The first-order chi connectivity index (χ1) is 12.5. The van der Waals surface area contributed by atoms with Crippen LogP contribution in [0.1, 0.15) is 10.4 Å². The first kappa shape index (κ1) is 17.6. The van der Waals surface area contributed by atoms with E-state index in [0.29, 0.717) is 10.5 Å². The smallest absolute Gasteiger partial charge is 0.269 e. The second-order valence-electron chi connectivity index (χ2n) is 5.28. The molecule has 0 aliphatic carbocycles. The molecule has 3 aromatic rings. The van der Waals surface area contributed by atoms with Crippen molar-refractivity contribution >= 4 is 29.0 Å². The number of nitrogens with zero attached hydrogens (tertiary/aromatic N) is 1. The highest BCUT2D eigenvalue weighted by Gasteiger charge is 2.14. The molecule has 1 N–H and O–H groups in total. The molecule has 0 aromatic heterocycles. The van der Waals surface area contributed by atoms with Crippen molar-refractivity contribution in [3.8, 4) is 0 Å². The van der Waals surface area contributed by atoms with Gasteiger partial charge in [-0.1, -0.05) is 36.0 Å². The van der Waals surface area contributed by atoms with Crippen LogP contribution in [0.25, 0.3) is 0 Å². The van der Waals surface area contributed by atoms with Crippen LogP contribution >= 0.6 is 11.8 Å². The number of halogens is 1. The third kappa shape index (κ3) is 4.07. The molecule has 0 saturated carbocycles. The van der Waals surface area contributed by atoms with Crippen LogP contribution in [0.3, 0.4) is 0 Å². The van der Waals surface area contributed by atoms with Gasteiger partial charge in [-0.15, -0.1) is 0 Å². The lowest BCUT2D eigenvalue weighted by Crippen LogP contribution is -2.13. The SMILES string of the molecule is O=C(Nc1ccccc1F)c1ccccc1Sc1ccc([N+](=O)[O-])cc1. The number of nitrogens with one attached hydrogen (secondary N) is 1. The molecule has 0 fully saturated rings. The van der Waals surface area contributed by atoms with Crippen LogP contribution in [-0.4, -0.2) is 10.8 Å². The molecule has 0 spiro atoms. The van der Waals surface area contributed by atoms with Crippen molar-refractivity contribution in [3.63, 3.8) is 0 Å². The van der Waals surface area contributed by atoms with Gasteiger partial charge < -0.3 is 5.32 Å². The molecule has 26 heavy (non-hydrogen) atoms. The Morgan fingerprint density at radius 1 is 0.962 bits per heavy atom. The molecule has 0 unspecified atom stereocenters. The van der Waals surface area contributed by atoms with Gasteiger partial charge in [-0.25, -0.2) is 4.39 Å². The van der Waals surface area contributed by atoms with Gasteiger partial charge in [0.05, 0.1) is 16.2 Å². The first-order valence-corrected chi connectivity index (χ1v) is 8.43. The highest BCUT2D eigenvalue weighted by Crippen LogP contribution is 2.32. The third-order valence-corrected chi connectivity index (χ3v) is 4.61. The minimum absolute atomic E-state index is 0.0000639. The summed E-state index contributed by atoms with van der Waals surface area (Å²) in [5, 5.41) is 13.3. The maximum Gasteiger partial charge on any atom is 0.269 e. The quantitative estimate of drug-likeness (QED) is 0.500. The van der Waals surface area contributed by atoms with E-state index in [2.05, 4.69) is 5.32 Å². The molecule has 7 heteroatoms. The summed E-state index contributed by atoms with van der Waals surface area (Å²) in [6, 6.07) is 18.9. The monoisotopic (exact) mass is 368 g/mol. The number of anilines is 1. The predicted octanol–water partition coefficient (Wildman–Crippen LogP) is 5.14. The van der Waals surface area contributed by atoms with E-state index < -0.39 is 16.6 Å². The number of non-ortho nitro benzene ring substituents is 1. The fourth-order valence-corrected chi connectivity index (χ4v) is 3.20. The first-order valence-electron chi connectivity index (χ1n) is 7.62. The summed E-state index contributed by atoms with van der Waals surface area (Å²) in [5.74, 6) is -0.943. The maximum absolute atomic E-state index is 13.7. The Morgan fingerprint density at radius 2 is 1.62 bits per heavy atom. The lowest BCUT2D eigenvalue weighted by atomic mass is 10.2. The molecule has 130 valence electrons. The van der Waals surface area contributed by atoms with Crippen LogP contribution in [0.15, 0.2) is 82.6 Å². The zero-order chi connectivity index (χ0) is 18.5. The van der Waals surface area contributed by atoms with Crippen LogP contribution in [0.5, 0.6) is 0 Å². The largest absolute Gasteiger partial charge is 0.319 e. The Bertz CT molecular complexity index is 961. The van der Waals surface area contributed by atoms with Crippen molar-refractivity contribution < 1.29 is 14.1 Å². The van der Waals surface area contributed by atoms with E-state index in [9.17, 15) is 19.3 Å². The summed E-state index contributed by atoms with van der Waals surface area (Å²) in [7, 11) is 0. The predicted molar refractivity (Wildman–Crippen MR) is 98.0 cm³/mol. The number of para-hydroxylation sites is 1. The summed E-state index contributed by atoms with van der Waals surface area (Å²) in [4.78, 5) is 24.2. The minimum atomic E-state index is -0.513.